The quantitative estimate of drug-likeness (QED) is 0.722. The Balaban J connectivity index is 1.62. The molecule has 0 atom stereocenters. The van der Waals surface area contributed by atoms with Crippen LogP contribution in [0.15, 0.2) is 65.9 Å². The van der Waals surface area contributed by atoms with Crippen molar-refractivity contribution >= 4 is 22.5 Å². The standard InChI is InChI=1S/C20H17N3O/c1-14-5-4-7-15(11-14)19-9-10-23(22-19)20(24)17-12-16-6-2-3-8-18(16)21-13-17/h2-8,11-13H,9-10H2,1H3. The van der Waals surface area contributed by atoms with Crippen LogP contribution < -0.4 is 0 Å². The summed E-state index contributed by atoms with van der Waals surface area (Å²) >= 11 is 0. The largest absolute Gasteiger partial charge is 0.275 e. The molecule has 0 saturated heterocycles. The number of benzene rings is 2. The molecule has 3 aromatic rings. The Hall–Kier alpha value is -3.01. The van der Waals surface area contributed by atoms with Gasteiger partial charge in [-0.05, 0) is 24.6 Å². The highest BCUT2D eigenvalue weighted by molar-refractivity contribution is 6.05. The number of nitrogens with zero attached hydrogens (tertiary/aromatic N) is 3. The minimum atomic E-state index is -0.101. The lowest BCUT2D eigenvalue weighted by molar-refractivity contribution is 0.0778. The van der Waals surface area contributed by atoms with Gasteiger partial charge in [0.05, 0.1) is 23.3 Å². The second-order valence-corrected chi connectivity index (χ2v) is 6.01. The number of aromatic nitrogens is 1. The first-order valence-corrected chi connectivity index (χ1v) is 8.02. The molecule has 0 radical (unpaired) electrons. The molecule has 0 N–H and O–H groups in total. The first-order valence-electron chi connectivity index (χ1n) is 8.02. The Morgan fingerprint density at radius 2 is 1.96 bits per heavy atom. The Morgan fingerprint density at radius 1 is 1.08 bits per heavy atom. The van der Waals surface area contributed by atoms with Crippen molar-refractivity contribution in [3.8, 4) is 0 Å². The monoisotopic (exact) mass is 315 g/mol. The maximum Gasteiger partial charge on any atom is 0.275 e. The third-order valence-electron chi connectivity index (χ3n) is 4.22. The number of carbonyl (C=O) groups excluding carboxylic acids is 1. The van der Waals surface area contributed by atoms with Gasteiger partial charge in [-0.25, -0.2) is 5.01 Å². The van der Waals surface area contributed by atoms with Crippen molar-refractivity contribution in [2.75, 3.05) is 6.54 Å². The molecule has 2 aromatic carbocycles. The highest BCUT2D eigenvalue weighted by atomic mass is 16.2. The highest BCUT2D eigenvalue weighted by Gasteiger charge is 2.23. The number of aryl methyl sites for hydroxylation is 1. The van der Waals surface area contributed by atoms with Crippen LogP contribution in [0.2, 0.25) is 0 Å². The predicted octanol–water partition coefficient (Wildman–Crippen LogP) is 3.79. The summed E-state index contributed by atoms with van der Waals surface area (Å²) in [5, 5.41) is 7.04. The van der Waals surface area contributed by atoms with Crippen LogP contribution in [0.3, 0.4) is 0 Å². The van der Waals surface area contributed by atoms with Gasteiger partial charge in [-0.2, -0.15) is 5.10 Å². The van der Waals surface area contributed by atoms with Gasteiger partial charge in [0.15, 0.2) is 0 Å². The Morgan fingerprint density at radius 3 is 2.83 bits per heavy atom. The summed E-state index contributed by atoms with van der Waals surface area (Å²) in [6, 6.07) is 17.9. The number of hydrazone groups is 1. The van der Waals surface area contributed by atoms with Crippen LogP contribution in [0.5, 0.6) is 0 Å². The lowest BCUT2D eigenvalue weighted by Gasteiger charge is -2.11. The van der Waals surface area contributed by atoms with E-state index in [0.29, 0.717) is 12.1 Å². The number of carbonyl (C=O) groups is 1. The van der Waals surface area contributed by atoms with Crippen LogP contribution >= 0.6 is 0 Å². The maximum atomic E-state index is 12.7. The number of hydrogen-bond donors (Lipinski definition) is 0. The number of para-hydroxylation sites is 1. The fourth-order valence-electron chi connectivity index (χ4n) is 2.97. The topological polar surface area (TPSA) is 45.6 Å². The van der Waals surface area contributed by atoms with Crippen LogP contribution in [0.1, 0.15) is 27.9 Å². The van der Waals surface area contributed by atoms with Gasteiger partial charge in [0.1, 0.15) is 0 Å². The molecule has 0 aliphatic carbocycles. The lowest BCUT2D eigenvalue weighted by Crippen LogP contribution is -2.23. The average molecular weight is 315 g/mol. The Labute approximate surface area is 140 Å². The molecule has 4 nitrogen and oxygen atoms in total. The summed E-state index contributed by atoms with van der Waals surface area (Å²) < 4.78 is 0. The van der Waals surface area contributed by atoms with Crippen molar-refractivity contribution in [1.29, 1.82) is 0 Å². The molecule has 1 aromatic heterocycles. The van der Waals surface area contributed by atoms with E-state index in [1.165, 1.54) is 5.56 Å². The van der Waals surface area contributed by atoms with Crippen LogP contribution in [-0.2, 0) is 0 Å². The van der Waals surface area contributed by atoms with Gasteiger partial charge in [0.2, 0.25) is 0 Å². The van der Waals surface area contributed by atoms with Gasteiger partial charge in [0.25, 0.3) is 5.91 Å². The van der Waals surface area contributed by atoms with E-state index in [1.807, 2.05) is 42.5 Å². The SMILES string of the molecule is Cc1cccc(C2=NN(C(=O)c3cnc4ccccc4c3)CC2)c1. The zero-order valence-electron chi connectivity index (χ0n) is 13.4. The van der Waals surface area contributed by atoms with E-state index in [9.17, 15) is 4.79 Å². The summed E-state index contributed by atoms with van der Waals surface area (Å²) in [5.41, 5.74) is 4.70. The van der Waals surface area contributed by atoms with Crippen LogP contribution in [0, 0.1) is 6.92 Å². The van der Waals surface area contributed by atoms with Gasteiger partial charge < -0.3 is 0 Å². The highest BCUT2D eigenvalue weighted by Crippen LogP contribution is 2.19. The molecule has 118 valence electrons. The zero-order chi connectivity index (χ0) is 16.5. The molecule has 1 amide bonds. The molecule has 0 fully saturated rings. The molecule has 0 saturated carbocycles. The van der Waals surface area contributed by atoms with Crippen molar-refractivity contribution in [1.82, 2.24) is 9.99 Å². The molecule has 0 bridgehead atoms. The molecule has 1 aliphatic heterocycles. The third-order valence-corrected chi connectivity index (χ3v) is 4.22. The normalized spacial score (nSPS) is 14.0. The summed E-state index contributed by atoms with van der Waals surface area (Å²) in [6.45, 7) is 2.66. The molecule has 0 unspecified atom stereocenters. The molecule has 4 rings (SSSR count). The van der Waals surface area contributed by atoms with Crippen molar-refractivity contribution in [3.63, 3.8) is 0 Å². The molecule has 1 aliphatic rings. The van der Waals surface area contributed by atoms with Crippen molar-refractivity contribution in [2.24, 2.45) is 5.10 Å². The van der Waals surface area contributed by atoms with E-state index in [0.717, 1.165) is 28.6 Å². The minimum Gasteiger partial charge on any atom is -0.267 e. The fraction of sp³-hybridized carbons (Fsp3) is 0.150. The van der Waals surface area contributed by atoms with Crippen LogP contribution in [-0.4, -0.2) is 28.2 Å². The van der Waals surface area contributed by atoms with Crippen molar-refractivity contribution < 1.29 is 4.79 Å². The van der Waals surface area contributed by atoms with Crippen LogP contribution in [0.25, 0.3) is 10.9 Å². The average Bonchev–Trinajstić information content (AvgIpc) is 3.11. The molecule has 4 heteroatoms. The van der Waals surface area contributed by atoms with E-state index in [4.69, 9.17) is 0 Å². The first kappa shape index (κ1) is 14.6. The van der Waals surface area contributed by atoms with E-state index >= 15 is 0 Å². The third kappa shape index (κ3) is 2.67. The number of fused-ring (bicyclic) bond motifs is 1. The molecule has 24 heavy (non-hydrogen) atoms. The van der Waals surface area contributed by atoms with E-state index < -0.39 is 0 Å². The second-order valence-electron chi connectivity index (χ2n) is 6.01. The zero-order valence-corrected chi connectivity index (χ0v) is 13.4. The Kier molecular flexibility index (Phi) is 3.58. The minimum absolute atomic E-state index is 0.101. The van der Waals surface area contributed by atoms with Crippen LogP contribution in [0.4, 0.5) is 0 Å². The lowest BCUT2D eigenvalue weighted by atomic mass is 10.1. The van der Waals surface area contributed by atoms with Gasteiger partial charge in [-0.1, -0.05) is 48.0 Å². The number of rotatable bonds is 2. The molecule has 2 heterocycles. The van der Waals surface area contributed by atoms with E-state index in [1.54, 1.807) is 11.2 Å². The molecular weight excluding hydrogens is 298 g/mol. The Bertz CT molecular complexity index is 962. The smallest absolute Gasteiger partial charge is 0.267 e. The summed E-state index contributed by atoms with van der Waals surface area (Å²) in [5.74, 6) is -0.101. The van der Waals surface area contributed by atoms with Gasteiger partial charge in [-0.15, -0.1) is 0 Å². The molecular formula is C20H17N3O. The van der Waals surface area contributed by atoms with E-state index in [-0.39, 0.29) is 5.91 Å². The van der Waals surface area contributed by atoms with E-state index in [2.05, 4.69) is 29.1 Å². The summed E-state index contributed by atoms with van der Waals surface area (Å²) in [4.78, 5) is 17.1. The predicted molar refractivity (Wildman–Crippen MR) is 95.1 cm³/mol. The molecule has 0 spiro atoms. The maximum absolute atomic E-state index is 12.7. The van der Waals surface area contributed by atoms with Crippen molar-refractivity contribution in [3.05, 3.63) is 77.5 Å². The fourth-order valence-corrected chi connectivity index (χ4v) is 2.97. The summed E-state index contributed by atoms with van der Waals surface area (Å²) in [7, 11) is 0. The summed E-state index contributed by atoms with van der Waals surface area (Å²) in [6.07, 6.45) is 2.40. The first-order chi connectivity index (χ1) is 11.7. The second kappa shape index (κ2) is 5.89. The number of hydrogen-bond acceptors (Lipinski definition) is 3. The number of pyridine rings is 1. The van der Waals surface area contributed by atoms with Crippen molar-refractivity contribution in [2.45, 2.75) is 13.3 Å². The van der Waals surface area contributed by atoms with Gasteiger partial charge in [0, 0.05) is 18.0 Å². The van der Waals surface area contributed by atoms with Gasteiger partial charge >= 0.3 is 0 Å². The van der Waals surface area contributed by atoms with Gasteiger partial charge in [-0.3, -0.25) is 9.78 Å². The number of amides is 1.